The van der Waals surface area contributed by atoms with Crippen LogP contribution in [-0.2, 0) is 6.61 Å². The molecule has 1 aromatic heterocycles. The van der Waals surface area contributed by atoms with Crippen LogP contribution in [0.25, 0.3) is 0 Å². The second kappa shape index (κ2) is 6.43. The molecule has 1 aromatic rings. The van der Waals surface area contributed by atoms with E-state index in [0.717, 1.165) is 12.8 Å². The zero-order valence-corrected chi connectivity index (χ0v) is 9.74. The summed E-state index contributed by atoms with van der Waals surface area (Å²) in [4.78, 5) is 3.80. The fourth-order valence-electron chi connectivity index (χ4n) is 1.35. The van der Waals surface area contributed by atoms with Gasteiger partial charge in [-0.15, -0.1) is 0 Å². The second-order valence-electron chi connectivity index (χ2n) is 4.13. The molecule has 0 unspecified atom stereocenters. The minimum Gasteiger partial charge on any atom is -0.476 e. The van der Waals surface area contributed by atoms with Gasteiger partial charge in [0.25, 0.3) is 5.88 Å². The number of hydrogen-bond acceptors (Lipinski definition) is 3. The van der Waals surface area contributed by atoms with E-state index in [1.165, 1.54) is 12.3 Å². The van der Waals surface area contributed by atoms with Crippen LogP contribution in [-0.4, -0.2) is 16.7 Å². The van der Waals surface area contributed by atoms with Crippen molar-refractivity contribution >= 4 is 0 Å². The van der Waals surface area contributed by atoms with Crippen molar-refractivity contribution in [2.24, 2.45) is 5.92 Å². The predicted octanol–water partition coefficient (Wildman–Crippen LogP) is 2.53. The Morgan fingerprint density at radius 3 is 2.88 bits per heavy atom. The molecule has 0 aliphatic heterocycles. The number of aromatic nitrogens is 1. The van der Waals surface area contributed by atoms with Crippen molar-refractivity contribution in [1.82, 2.24) is 4.98 Å². The lowest BCUT2D eigenvalue weighted by atomic mass is 10.1. The van der Waals surface area contributed by atoms with E-state index < -0.39 is 5.82 Å². The van der Waals surface area contributed by atoms with Crippen LogP contribution in [0.2, 0.25) is 0 Å². The molecule has 1 N–H and O–H groups in total. The van der Waals surface area contributed by atoms with E-state index in [1.807, 2.05) is 0 Å². The van der Waals surface area contributed by atoms with Gasteiger partial charge < -0.3 is 9.84 Å². The molecule has 0 bridgehead atoms. The number of ether oxygens (including phenoxy) is 1. The fraction of sp³-hybridized carbons (Fsp3) is 0.583. The van der Waals surface area contributed by atoms with Crippen LogP contribution in [0.1, 0.15) is 32.3 Å². The Morgan fingerprint density at radius 2 is 2.25 bits per heavy atom. The summed E-state index contributed by atoms with van der Waals surface area (Å²) in [6, 6.07) is 1.44. The molecule has 4 heteroatoms. The molecule has 0 radical (unpaired) electrons. The molecule has 0 spiro atoms. The van der Waals surface area contributed by atoms with E-state index in [9.17, 15) is 4.39 Å². The van der Waals surface area contributed by atoms with Crippen LogP contribution in [0.3, 0.4) is 0 Å². The van der Waals surface area contributed by atoms with Gasteiger partial charge in [0.1, 0.15) is 0 Å². The van der Waals surface area contributed by atoms with Crippen molar-refractivity contribution in [3.63, 3.8) is 0 Å². The maximum atomic E-state index is 13.5. The average Bonchev–Trinajstić information content (AvgIpc) is 2.26. The lowest BCUT2D eigenvalue weighted by Crippen LogP contribution is -2.04. The van der Waals surface area contributed by atoms with Gasteiger partial charge in [-0.1, -0.05) is 13.8 Å². The highest BCUT2D eigenvalue weighted by atomic mass is 19.1. The first-order valence-electron chi connectivity index (χ1n) is 5.52. The molecule has 90 valence electrons. The largest absolute Gasteiger partial charge is 0.476 e. The van der Waals surface area contributed by atoms with Gasteiger partial charge in [0.05, 0.1) is 13.2 Å². The third-order valence-corrected chi connectivity index (χ3v) is 2.27. The Kier molecular flexibility index (Phi) is 5.19. The number of aliphatic hydroxyl groups excluding tert-OH is 1. The number of aliphatic hydroxyl groups is 1. The summed E-state index contributed by atoms with van der Waals surface area (Å²) in [6.07, 6.45) is 3.36. The Labute approximate surface area is 95.3 Å². The van der Waals surface area contributed by atoms with Gasteiger partial charge >= 0.3 is 0 Å². The first kappa shape index (κ1) is 12.9. The van der Waals surface area contributed by atoms with E-state index >= 15 is 0 Å². The third kappa shape index (κ3) is 3.77. The van der Waals surface area contributed by atoms with Crippen LogP contribution in [0.4, 0.5) is 4.39 Å². The van der Waals surface area contributed by atoms with E-state index in [0.29, 0.717) is 12.5 Å². The zero-order chi connectivity index (χ0) is 12.0. The smallest absolute Gasteiger partial charge is 0.250 e. The van der Waals surface area contributed by atoms with Crippen molar-refractivity contribution in [1.29, 1.82) is 0 Å². The summed E-state index contributed by atoms with van der Waals surface area (Å²) in [5.74, 6) is 0.0371. The van der Waals surface area contributed by atoms with Crippen molar-refractivity contribution in [3.8, 4) is 5.88 Å². The maximum Gasteiger partial charge on any atom is 0.250 e. The SMILES string of the molecule is CC(C)CCCOc1nccc(CO)c1F. The van der Waals surface area contributed by atoms with Crippen LogP contribution in [0.5, 0.6) is 5.88 Å². The van der Waals surface area contributed by atoms with Crippen molar-refractivity contribution in [3.05, 3.63) is 23.6 Å². The van der Waals surface area contributed by atoms with Gasteiger partial charge in [-0.25, -0.2) is 9.37 Å². The molecule has 3 nitrogen and oxygen atoms in total. The molecule has 0 aromatic carbocycles. The van der Waals surface area contributed by atoms with Crippen LogP contribution in [0.15, 0.2) is 12.3 Å². The Morgan fingerprint density at radius 1 is 1.50 bits per heavy atom. The van der Waals surface area contributed by atoms with Gasteiger partial charge in [0.15, 0.2) is 5.82 Å². The van der Waals surface area contributed by atoms with Crippen molar-refractivity contribution in [2.75, 3.05) is 6.61 Å². The summed E-state index contributed by atoms with van der Waals surface area (Å²) < 4.78 is 18.7. The molecule has 0 saturated carbocycles. The quantitative estimate of drug-likeness (QED) is 0.759. The number of nitrogens with zero attached hydrogens (tertiary/aromatic N) is 1. The molecule has 0 atom stereocenters. The molecular formula is C12H18FNO2. The monoisotopic (exact) mass is 227 g/mol. The summed E-state index contributed by atoms with van der Waals surface area (Å²) in [5.41, 5.74) is 0.217. The van der Waals surface area contributed by atoms with Gasteiger partial charge in [0, 0.05) is 11.8 Å². The molecule has 0 aliphatic carbocycles. The van der Waals surface area contributed by atoms with Crippen LogP contribution >= 0.6 is 0 Å². The van der Waals surface area contributed by atoms with Gasteiger partial charge in [-0.3, -0.25) is 0 Å². The van der Waals surface area contributed by atoms with Crippen LogP contribution < -0.4 is 4.74 Å². The normalized spacial score (nSPS) is 10.8. The average molecular weight is 227 g/mol. The summed E-state index contributed by atoms with van der Waals surface area (Å²) in [6.45, 7) is 4.38. The van der Waals surface area contributed by atoms with E-state index in [1.54, 1.807) is 0 Å². The molecule has 0 amide bonds. The highest BCUT2D eigenvalue weighted by molar-refractivity contribution is 5.22. The van der Waals surface area contributed by atoms with E-state index in [2.05, 4.69) is 18.8 Å². The predicted molar refractivity (Wildman–Crippen MR) is 59.7 cm³/mol. The van der Waals surface area contributed by atoms with Gasteiger partial charge in [-0.05, 0) is 24.8 Å². The summed E-state index contributed by atoms with van der Waals surface area (Å²) in [7, 11) is 0. The molecule has 16 heavy (non-hydrogen) atoms. The number of halogens is 1. The lowest BCUT2D eigenvalue weighted by Gasteiger charge is -2.08. The number of hydrogen-bond donors (Lipinski definition) is 1. The standard InChI is InChI=1S/C12H18FNO2/c1-9(2)4-3-7-16-12-11(13)10(8-15)5-6-14-12/h5-6,9,15H,3-4,7-8H2,1-2H3. The van der Waals surface area contributed by atoms with E-state index in [4.69, 9.17) is 9.84 Å². The zero-order valence-electron chi connectivity index (χ0n) is 9.74. The maximum absolute atomic E-state index is 13.5. The van der Waals surface area contributed by atoms with Crippen molar-refractivity contribution in [2.45, 2.75) is 33.3 Å². The summed E-state index contributed by atoms with van der Waals surface area (Å²) >= 11 is 0. The molecule has 1 heterocycles. The van der Waals surface area contributed by atoms with Crippen molar-refractivity contribution < 1.29 is 14.2 Å². The number of pyridine rings is 1. The van der Waals surface area contributed by atoms with E-state index in [-0.39, 0.29) is 18.1 Å². The summed E-state index contributed by atoms with van der Waals surface area (Å²) in [5, 5.41) is 8.86. The minimum atomic E-state index is -0.561. The fourth-order valence-corrected chi connectivity index (χ4v) is 1.35. The van der Waals surface area contributed by atoms with Crippen LogP contribution in [0, 0.1) is 11.7 Å². The minimum absolute atomic E-state index is 0.0182. The highest BCUT2D eigenvalue weighted by Crippen LogP contribution is 2.17. The molecule has 0 saturated heterocycles. The first-order chi connectivity index (χ1) is 7.65. The Hall–Kier alpha value is -1.16. The second-order valence-corrected chi connectivity index (χ2v) is 4.13. The molecule has 1 rings (SSSR count). The number of rotatable bonds is 6. The Bertz CT molecular complexity index is 329. The first-order valence-corrected chi connectivity index (χ1v) is 5.52. The molecular weight excluding hydrogens is 209 g/mol. The van der Waals surface area contributed by atoms with Gasteiger partial charge in [0.2, 0.25) is 0 Å². The lowest BCUT2D eigenvalue weighted by molar-refractivity contribution is 0.255. The topological polar surface area (TPSA) is 42.4 Å². The third-order valence-electron chi connectivity index (χ3n) is 2.27. The van der Waals surface area contributed by atoms with Gasteiger partial charge in [-0.2, -0.15) is 0 Å². The molecule has 0 fully saturated rings. The molecule has 0 aliphatic rings. The Balaban J connectivity index is 2.47. The highest BCUT2D eigenvalue weighted by Gasteiger charge is 2.09.